The van der Waals surface area contributed by atoms with Crippen LogP contribution in [0.15, 0.2) is 71.9 Å². The summed E-state index contributed by atoms with van der Waals surface area (Å²) in [5, 5.41) is 3.55. The fourth-order valence-corrected chi connectivity index (χ4v) is 5.00. The molecule has 0 spiro atoms. The Labute approximate surface area is 213 Å². The predicted octanol–water partition coefficient (Wildman–Crippen LogP) is 4.84. The van der Waals surface area contributed by atoms with E-state index in [0.717, 1.165) is 43.2 Å². The summed E-state index contributed by atoms with van der Waals surface area (Å²) >= 11 is 0. The topological polar surface area (TPSA) is 66.8 Å². The van der Waals surface area contributed by atoms with Gasteiger partial charge in [0.05, 0.1) is 23.5 Å². The highest BCUT2D eigenvalue weighted by molar-refractivity contribution is 6.16. The summed E-state index contributed by atoms with van der Waals surface area (Å²) in [4.78, 5) is 24.7. The van der Waals surface area contributed by atoms with Crippen LogP contribution < -0.4 is 10.1 Å². The van der Waals surface area contributed by atoms with E-state index in [2.05, 4.69) is 58.5 Å². The third kappa shape index (κ3) is 6.07. The molecular formula is C30H34N4O2. The number of rotatable bonds is 10. The van der Waals surface area contributed by atoms with Crippen molar-refractivity contribution in [1.82, 2.24) is 15.2 Å². The molecule has 1 unspecified atom stereocenters. The number of pyridine rings is 1. The number of Topliss-reactive ketones (excluding diaryl/α,β-unsaturated/α-hetero) is 1. The quantitative estimate of drug-likeness (QED) is 0.448. The van der Waals surface area contributed by atoms with Crippen LogP contribution in [0.2, 0.25) is 0 Å². The Bertz CT molecular complexity index is 1210. The lowest BCUT2D eigenvalue weighted by Gasteiger charge is -2.18. The number of nitrogens with one attached hydrogen (secondary N) is 1. The van der Waals surface area contributed by atoms with Gasteiger partial charge in [-0.1, -0.05) is 49.4 Å². The zero-order chi connectivity index (χ0) is 24.7. The molecule has 1 aromatic heterocycles. The second-order valence-corrected chi connectivity index (χ2v) is 9.71. The number of carbonyl (C=O) groups excluding carboxylic acids is 1. The van der Waals surface area contributed by atoms with Gasteiger partial charge in [-0.05, 0) is 67.7 Å². The van der Waals surface area contributed by atoms with Crippen molar-refractivity contribution in [2.24, 2.45) is 10.9 Å². The number of hydrogen-bond donors (Lipinski definition) is 1. The Morgan fingerprint density at radius 3 is 2.64 bits per heavy atom. The smallest absolute Gasteiger partial charge is 0.170 e. The minimum absolute atomic E-state index is 0.0786. The highest BCUT2D eigenvalue weighted by Gasteiger charge is 2.24. The Morgan fingerprint density at radius 1 is 1.06 bits per heavy atom. The number of benzene rings is 2. The van der Waals surface area contributed by atoms with Gasteiger partial charge >= 0.3 is 0 Å². The van der Waals surface area contributed by atoms with Crippen molar-refractivity contribution in [1.29, 1.82) is 0 Å². The molecule has 0 aliphatic carbocycles. The van der Waals surface area contributed by atoms with Gasteiger partial charge in [0.2, 0.25) is 0 Å². The van der Waals surface area contributed by atoms with Gasteiger partial charge in [0.15, 0.2) is 5.78 Å². The molecule has 0 bridgehead atoms. The highest BCUT2D eigenvalue weighted by Crippen LogP contribution is 2.29. The summed E-state index contributed by atoms with van der Waals surface area (Å²) in [6.07, 6.45) is 4.12. The normalized spacial score (nSPS) is 17.6. The molecule has 5 rings (SSSR count). The van der Waals surface area contributed by atoms with Crippen molar-refractivity contribution in [2.75, 3.05) is 32.8 Å². The number of ketones is 1. The highest BCUT2D eigenvalue weighted by atomic mass is 16.5. The Hall–Kier alpha value is -3.35. The summed E-state index contributed by atoms with van der Waals surface area (Å²) in [5.74, 6) is 1.52. The van der Waals surface area contributed by atoms with E-state index in [9.17, 15) is 4.79 Å². The lowest BCUT2D eigenvalue weighted by molar-refractivity contribution is 0.0998. The first kappa shape index (κ1) is 24.3. The minimum Gasteiger partial charge on any atom is -0.488 e. The molecule has 1 N–H and O–H groups in total. The van der Waals surface area contributed by atoms with Crippen molar-refractivity contribution in [3.8, 4) is 5.75 Å². The van der Waals surface area contributed by atoms with Gasteiger partial charge in [0.25, 0.3) is 0 Å². The monoisotopic (exact) mass is 482 g/mol. The third-order valence-electron chi connectivity index (χ3n) is 7.06. The van der Waals surface area contributed by atoms with Crippen LogP contribution in [0.3, 0.4) is 0 Å². The zero-order valence-electron chi connectivity index (χ0n) is 21.0. The summed E-state index contributed by atoms with van der Waals surface area (Å²) in [5.41, 5.74) is 5.44. The van der Waals surface area contributed by atoms with Crippen LogP contribution in [-0.2, 0) is 13.0 Å². The number of hydrogen-bond acceptors (Lipinski definition) is 6. The fourth-order valence-electron chi connectivity index (χ4n) is 5.00. The van der Waals surface area contributed by atoms with Gasteiger partial charge in [-0.15, -0.1) is 0 Å². The number of nitrogens with zero attached hydrogens (tertiary/aromatic N) is 3. The Balaban J connectivity index is 1.19. The second-order valence-electron chi connectivity index (χ2n) is 9.71. The Kier molecular flexibility index (Phi) is 7.84. The van der Waals surface area contributed by atoms with Crippen molar-refractivity contribution in [2.45, 2.75) is 32.7 Å². The lowest BCUT2D eigenvalue weighted by Crippen LogP contribution is -2.27. The second kappa shape index (κ2) is 11.6. The van der Waals surface area contributed by atoms with Crippen LogP contribution in [0.1, 0.15) is 46.9 Å². The van der Waals surface area contributed by atoms with E-state index in [1.807, 2.05) is 18.2 Å². The number of carbonyl (C=O) groups is 1. The van der Waals surface area contributed by atoms with E-state index in [1.54, 1.807) is 12.3 Å². The number of likely N-dealkylation sites (tertiary alicyclic amines) is 1. The van der Waals surface area contributed by atoms with E-state index in [0.29, 0.717) is 30.3 Å². The maximum absolute atomic E-state index is 12.8. The van der Waals surface area contributed by atoms with Crippen molar-refractivity contribution >= 4 is 17.2 Å². The van der Waals surface area contributed by atoms with Gasteiger partial charge < -0.3 is 15.0 Å². The van der Waals surface area contributed by atoms with Gasteiger partial charge in [-0.25, -0.2) is 0 Å². The molecule has 0 radical (unpaired) electrons. The van der Waals surface area contributed by atoms with Gasteiger partial charge in [0.1, 0.15) is 12.4 Å². The largest absolute Gasteiger partial charge is 0.488 e. The maximum atomic E-state index is 12.8. The van der Waals surface area contributed by atoms with Crippen LogP contribution in [-0.4, -0.2) is 54.2 Å². The van der Waals surface area contributed by atoms with E-state index in [4.69, 9.17) is 9.73 Å². The molecular weight excluding hydrogens is 448 g/mol. The molecule has 3 aromatic rings. The first-order chi connectivity index (χ1) is 17.7. The number of fused-ring (bicyclic) bond motifs is 1. The number of aliphatic imine (C=N–C) groups is 1. The molecule has 2 aliphatic rings. The molecule has 36 heavy (non-hydrogen) atoms. The van der Waals surface area contributed by atoms with Crippen molar-refractivity contribution < 1.29 is 9.53 Å². The third-order valence-corrected chi connectivity index (χ3v) is 7.06. The number of ether oxygens (including phenoxy) is 1. The molecule has 0 amide bonds. The van der Waals surface area contributed by atoms with Gasteiger partial charge in [-0.2, -0.15) is 0 Å². The predicted molar refractivity (Wildman–Crippen MR) is 143 cm³/mol. The summed E-state index contributed by atoms with van der Waals surface area (Å²) < 4.78 is 6.00. The average molecular weight is 483 g/mol. The lowest BCUT2D eigenvalue weighted by atomic mass is 10.00. The SMILES string of the molecule is CCN1CCC(CNCc2nccc3c2N=C(COc2ccc(Cc4ccccc4)cc2)CC3=O)C1. The zero-order valence-corrected chi connectivity index (χ0v) is 21.0. The van der Waals surface area contributed by atoms with Gasteiger partial charge in [0, 0.05) is 24.8 Å². The van der Waals surface area contributed by atoms with Crippen LogP contribution in [0.5, 0.6) is 5.75 Å². The average Bonchev–Trinajstić information content (AvgIpc) is 3.37. The summed E-state index contributed by atoms with van der Waals surface area (Å²) in [6.45, 7) is 7.52. The Morgan fingerprint density at radius 2 is 1.86 bits per heavy atom. The molecule has 2 aliphatic heterocycles. The molecule has 2 aromatic carbocycles. The maximum Gasteiger partial charge on any atom is 0.170 e. The standard InChI is InChI=1S/C30H34N4O2/c1-2-34-15-13-24(20-34)18-31-19-28-30-27(12-14-32-28)29(35)17-25(33-30)21-36-26-10-8-23(9-11-26)16-22-6-4-3-5-7-22/h3-12,14,24,31H,2,13,15-21H2,1H3. The fraction of sp³-hybridized carbons (Fsp3) is 0.367. The van der Waals surface area contributed by atoms with E-state index >= 15 is 0 Å². The van der Waals surface area contributed by atoms with Crippen molar-refractivity contribution in [3.63, 3.8) is 0 Å². The van der Waals surface area contributed by atoms with Crippen LogP contribution >= 0.6 is 0 Å². The molecule has 1 saturated heterocycles. The molecule has 0 saturated carbocycles. The van der Waals surface area contributed by atoms with Crippen LogP contribution in [0, 0.1) is 5.92 Å². The molecule has 186 valence electrons. The number of aromatic nitrogens is 1. The molecule has 1 atom stereocenters. The molecule has 6 heteroatoms. The summed E-state index contributed by atoms with van der Waals surface area (Å²) in [7, 11) is 0. The first-order valence-electron chi connectivity index (χ1n) is 12.9. The molecule has 6 nitrogen and oxygen atoms in total. The van der Waals surface area contributed by atoms with E-state index in [1.165, 1.54) is 24.1 Å². The van der Waals surface area contributed by atoms with E-state index in [-0.39, 0.29) is 12.2 Å². The minimum atomic E-state index is 0.0786. The van der Waals surface area contributed by atoms with Crippen LogP contribution in [0.4, 0.5) is 5.69 Å². The van der Waals surface area contributed by atoms with E-state index < -0.39 is 0 Å². The molecule has 1 fully saturated rings. The summed E-state index contributed by atoms with van der Waals surface area (Å²) in [6, 6.07) is 20.3. The first-order valence-corrected chi connectivity index (χ1v) is 12.9. The van der Waals surface area contributed by atoms with Crippen molar-refractivity contribution in [3.05, 3.63) is 89.2 Å². The molecule has 3 heterocycles. The van der Waals surface area contributed by atoms with Gasteiger partial charge in [-0.3, -0.25) is 14.8 Å². The van der Waals surface area contributed by atoms with Crippen LogP contribution in [0.25, 0.3) is 0 Å².